The predicted octanol–water partition coefficient (Wildman–Crippen LogP) is 6.17. The monoisotopic (exact) mass is 263 g/mol. The molecule has 18 heavy (non-hydrogen) atoms. The van der Waals surface area contributed by atoms with Crippen LogP contribution in [0.2, 0.25) is 24.2 Å². The van der Waals surface area contributed by atoms with Gasteiger partial charge in [-0.05, 0) is 18.1 Å². The van der Waals surface area contributed by atoms with Gasteiger partial charge in [0.15, 0.2) is 0 Å². The Hall–Kier alpha value is -0.563. The lowest BCUT2D eigenvalue weighted by Gasteiger charge is -2.28. The molecule has 0 unspecified atom stereocenters. The van der Waals surface area contributed by atoms with Crippen molar-refractivity contribution in [1.82, 2.24) is 0 Å². The minimum Gasteiger partial charge on any atom is -0.103 e. The average molecular weight is 264 g/mol. The average Bonchev–Trinajstić information content (AvgIpc) is 2.35. The van der Waals surface area contributed by atoms with E-state index in [1.807, 2.05) is 0 Å². The topological polar surface area (TPSA) is 0 Å². The van der Waals surface area contributed by atoms with Gasteiger partial charge in [0.2, 0.25) is 0 Å². The molecule has 0 aliphatic heterocycles. The van der Waals surface area contributed by atoms with E-state index in [9.17, 15) is 0 Å². The molecule has 0 N–H and O–H groups in total. The predicted molar refractivity (Wildman–Crippen MR) is 88.6 cm³/mol. The van der Waals surface area contributed by atoms with E-state index in [-0.39, 0.29) is 0 Å². The molecule has 0 aliphatic rings. The van der Waals surface area contributed by atoms with E-state index >= 15 is 0 Å². The Morgan fingerprint density at radius 2 is 1.11 bits per heavy atom. The normalized spacial score (nSPS) is 11.2. The molecule has 0 aromatic rings. The lowest BCUT2D eigenvalue weighted by molar-refractivity contribution is 0.633. The lowest BCUT2D eigenvalue weighted by Crippen LogP contribution is -2.31. The summed E-state index contributed by atoms with van der Waals surface area (Å²) in [7, 11) is -1.23. The second-order valence-corrected chi connectivity index (χ2v) is 10.1. The highest BCUT2D eigenvalue weighted by Crippen LogP contribution is 2.29. The van der Waals surface area contributed by atoms with Gasteiger partial charge in [-0.1, -0.05) is 69.7 Å². The molecule has 0 fully saturated rings. The first-order valence-corrected chi connectivity index (χ1v) is 10.2. The molecule has 0 heterocycles. The largest absolute Gasteiger partial charge is 0.103 e. The first-order chi connectivity index (χ1) is 8.74. The zero-order chi connectivity index (χ0) is 13.7. The number of unbranched alkanes of at least 4 members (excludes halogenated alkanes) is 5. The molecule has 1 radical (unpaired) electrons. The van der Waals surface area contributed by atoms with Crippen LogP contribution >= 0.6 is 0 Å². The maximum absolute atomic E-state index is 3.94. The molecule has 0 spiro atoms. The second-order valence-electron chi connectivity index (χ2n) is 5.35. The Bertz CT molecular complexity index is 203. The summed E-state index contributed by atoms with van der Waals surface area (Å²) in [6, 6.07) is 5.04. The van der Waals surface area contributed by atoms with Crippen molar-refractivity contribution in [2.75, 3.05) is 0 Å². The summed E-state index contributed by atoms with van der Waals surface area (Å²) < 4.78 is 0. The third-order valence-corrected chi connectivity index (χ3v) is 8.57. The highest BCUT2D eigenvalue weighted by molar-refractivity contribution is 6.81. The van der Waals surface area contributed by atoms with Crippen LogP contribution in [0.25, 0.3) is 0 Å². The Morgan fingerprint density at radius 1 is 0.667 bits per heavy atom. The molecule has 0 saturated carbocycles. The van der Waals surface area contributed by atoms with Gasteiger partial charge in [-0.25, -0.2) is 0 Å². The summed E-state index contributed by atoms with van der Waals surface area (Å²) in [6.07, 6.45) is 14.2. The van der Waals surface area contributed by atoms with Crippen molar-refractivity contribution in [3.05, 3.63) is 44.9 Å². The van der Waals surface area contributed by atoms with Crippen molar-refractivity contribution in [3.8, 4) is 0 Å². The highest BCUT2D eigenvalue weighted by atomic mass is 28.3. The zero-order valence-electron chi connectivity index (χ0n) is 12.1. The van der Waals surface area contributed by atoms with Crippen LogP contribution in [-0.4, -0.2) is 8.07 Å². The number of allylic oxidation sites excluding steroid dienone is 3. The zero-order valence-corrected chi connectivity index (χ0v) is 13.1. The minimum atomic E-state index is -1.23. The van der Waals surface area contributed by atoms with Gasteiger partial charge in [-0.2, -0.15) is 0 Å². The van der Waals surface area contributed by atoms with Crippen LogP contribution in [0.15, 0.2) is 38.0 Å². The Balaban J connectivity index is 4.08. The van der Waals surface area contributed by atoms with Gasteiger partial charge in [0, 0.05) is 0 Å². The van der Waals surface area contributed by atoms with Crippen molar-refractivity contribution in [3.63, 3.8) is 0 Å². The molecular formula is C17H31Si. The van der Waals surface area contributed by atoms with E-state index in [0.29, 0.717) is 0 Å². The van der Waals surface area contributed by atoms with Gasteiger partial charge in [0.05, 0.1) is 8.07 Å². The fourth-order valence-corrected chi connectivity index (χ4v) is 6.63. The summed E-state index contributed by atoms with van der Waals surface area (Å²) >= 11 is 0. The molecule has 0 saturated heterocycles. The van der Waals surface area contributed by atoms with Crippen molar-refractivity contribution in [2.24, 2.45) is 0 Å². The molecule has 0 aliphatic carbocycles. The van der Waals surface area contributed by atoms with Crippen LogP contribution in [0.3, 0.4) is 0 Å². The molecule has 103 valence electrons. The van der Waals surface area contributed by atoms with Gasteiger partial charge in [0.1, 0.15) is 0 Å². The second kappa shape index (κ2) is 11.5. The molecule has 0 atom stereocenters. The van der Waals surface area contributed by atoms with E-state index in [1.54, 1.807) is 0 Å². The van der Waals surface area contributed by atoms with Gasteiger partial charge in [0.25, 0.3) is 0 Å². The van der Waals surface area contributed by atoms with E-state index in [4.69, 9.17) is 0 Å². The fraction of sp³-hybridized carbons (Fsp3) is 0.588. The summed E-state index contributed by atoms with van der Waals surface area (Å²) in [5.41, 5.74) is 0. The van der Waals surface area contributed by atoms with Crippen molar-refractivity contribution >= 4 is 8.07 Å². The van der Waals surface area contributed by atoms with Crippen molar-refractivity contribution in [2.45, 2.75) is 62.7 Å². The molecular weight excluding hydrogens is 232 g/mol. The molecule has 0 bridgehead atoms. The lowest BCUT2D eigenvalue weighted by atomic mass is 10.1. The molecule has 0 rings (SSSR count). The maximum atomic E-state index is 3.94. The van der Waals surface area contributed by atoms with Crippen molar-refractivity contribution < 1.29 is 0 Å². The van der Waals surface area contributed by atoms with E-state index in [1.165, 1.54) is 56.3 Å². The first kappa shape index (κ1) is 17.4. The fourth-order valence-electron chi connectivity index (χ4n) is 2.68. The first-order valence-electron chi connectivity index (χ1n) is 7.36. The minimum absolute atomic E-state index is 1.09. The van der Waals surface area contributed by atoms with Crippen LogP contribution in [0.5, 0.6) is 0 Å². The van der Waals surface area contributed by atoms with Crippen LogP contribution < -0.4 is 0 Å². The van der Waals surface area contributed by atoms with Crippen molar-refractivity contribution in [1.29, 1.82) is 0 Å². The quantitative estimate of drug-likeness (QED) is 0.212. The molecule has 0 nitrogen and oxygen atoms in total. The van der Waals surface area contributed by atoms with E-state index in [0.717, 1.165) is 6.42 Å². The Morgan fingerprint density at radius 3 is 1.56 bits per heavy atom. The molecule has 0 aromatic carbocycles. The number of hydrogen-bond acceptors (Lipinski definition) is 0. The van der Waals surface area contributed by atoms with E-state index < -0.39 is 8.07 Å². The third-order valence-electron chi connectivity index (χ3n) is 3.69. The summed E-state index contributed by atoms with van der Waals surface area (Å²) in [5.74, 6) is 0. The standard InChI is InChI=1S/C17H31Si/c1-5-9-10-11-12-13-17-18(14-6-2,15-7-3)16-8-4/h6-8H,1-5,9-17H2. The Kier molecular flexibility index (Phi) is 11.2. The molecule has 0 aromatic heterocycles. The smallest absolute Gasteiger partial charge is 0.0648 e. The van der Waals surface area contributed by atoms with Crippen LogP contribution in [0.4, 0.5) is 0 Å². The summed E-state index contributed by atoms with van der Waals surface area (Å²) in [6.45, 7) is 15.7. The SMILES string of the molecule is [CH2]CCCCCCC[Si](CC=C)(CC=C)CC=C. The summed E-state index contributed by atoms with van der Waals surface area (Å²) in [4.78, 5) is 0. The van der Waals surface area contributed by atoms with Crippen LogP contribution in [0.1, 0.15) is 38.5 Å². The third kappa shape index (κ3) is 7.70. The van der Waals surface area contributed by atoms with Crippen LogP contribution in [-0.2, 0) is 0 Å². The van der Waals surface area contributed by atoms with Gasteiger partial charge < -0.3 is 0 Å². The highest BCUT2D eigenvalue weighted by Gasteiger charge is 2.27. The molecule has 0 amide bonds. The molecule has 1 heteroatoms. The van der Waals surface area contributed by atoms with Gasteiger partial charge in [-0.3, -0.25) is 0 Å². The van der Waals surface area contributed by atoms with Crippen LogP contribution in [0, 0.1) is 6.92 Å². The van der Waals surface area contributed by atoms with E-state index in [2.05, 4.69) is 44.9 Å². The number of hydrogen-bond donors (Lipinski definition) is 0. The van der Waals surface area contributed by atoms with Gasteiger partial charge >= 0.3 is 0 Å². The Labute approximate surface area is 116 Å². The number of rotatable bonds is 13. The maximum Gasteiger partial charge on any atom is 0.0648 e. The van der Waals surface area contributed by atoms with Gasteiger partial charge in [-0.15, -0.1) is 19.7 Å². The summed E-state index contributed by atoms with van der Waals surface area (Å²) in [5, 5.41) is 0.